The number of benzene rings is 2. The Hall–Kier alpha value is -2.42. The number of carbonyl (C=O) groups is 2. The van der Waals surface area contributed by atoms with Gasteiger partial charge in [0.15, 0.2) is 0 Å². The quantitative estimate of drug-likeness (QED) is 0.697. The van der Waals surface area contributed by atoms with Gasteiger partial charge >= 0.3 is 0 Å². The number of carbonyl (C=O) groups excluding carboxylic acids is 2. The van der Waals surface area contributed by atoms with Crippen LogP contribution in [0.15, 0.2) is 47.4 Å². The van der Waals surface area contributed by atoms with Crippen LogP contribution in [0.4, 0.5) is 5.69 Å². The lowest BCUT2D eigenvalue weighted by atomic mass is 9.99. The summed E-state index contributed by atoms with van der Waals surface area (Å²) in [5, 5.41) is 3.48. The smallest absolute Gasteiger partial charge is 0.243 e. The highest BCUT2D eigenvalue weighted by molar-refractivity contribution is 7.89. The van der Waals surface area contributed by atoms with Crippen molar-refractivity contribution >= 4 is 39.1 Å². The van der Waals surface area contributed by atoms with E-state index < -0.39 is 15.9 Å². The van der Waals surface area contributed by atoms with Crippen molar-refractivity contribution in [2.75, 3.05) is 18.0 Å². The van der Waals surface area contributed by atoms with Crippen LogP contribution in [0.25, 0.3) is 0 Å². The van der Waals surface area contributed by atoms with Gasteiger partial charge in [-0.25, -0.2) is 8.42 Å². The van der Waals surface area contributed by atoms with E-state index >= 15 is 0 Å². The first-order valence-electron chi connectivity index (χ1n) is 11.1. The van der Waals surface area contributed by atoms with Crippen LogP contribution in [0.3, 0.4) is 0 Å². The summed E-state index contributed by atoms with van der Waals surface area (Å²) in [7, 11) is -3.75. The molecule has 0 radical (unpaired) electrons. The summed E-state index contributed by atoms with van der Waals surface area (Å²) in [4.78, 5) is 26.6. The number of hydrogen-bond acceptors (Lipinski definition) is 4. The lowest BCUT2D eigenvalue weighted by molar-refractivity contribution is -0.126. The Morgan fingerprint density at radius 1 is 1.18 bits per heavy atom. The van der Waals surface area contributed by atoms with Gasteiger partial charge in [-0.1, -0.05) is 29.8 Å². The Morgan fingerprint density at radius 2 is 1.94 bits per heavy atom. The number of halogens is 1. The molecule has 2 aromatic rings. The molecule has 0 spiro atoms. The van der Waals surface area contributed by atoms with Crippen LogP contribution >= 0.6 is 11.6 Å². The predicted molar refractivity (Wildman–Crippen MR) is 128 cm³/mol. The molecule has 2 amide bonds. The van der Waals surface area contributed by atoms with Crippen LogP contribution in [0.5, 0.6) is 0 Å². The fourth-order valence-electron chi connectivity index (χ4n) is 4.74. The molecule has 0 unspecified atom stereocenters. The van der Waals surface area contributed by atoms with Gasteiger partial charge in [0, 0.05) is 43.3 Å². The third kappa shape index (κ3) is 4.78. The molecule has 4 rings (SSSR count). The highest BCUT2D eigenvalue weighted by atomic mass is 35.5. The number of amides is 2. The summed E-state index contributed by atoms with van der Waals surface area (Å²) in [6.07, 6.45) is 1.87. The molecular weight excluding hydrogens is 462 g/mol. The molecule has 1 saturated heterocycles. The van der Waals surface area contributed by atoms with Crippen molar-refractivity contribution in [1.82, 2.24) is 9.62 Å². The maximum absolute atomic E-state index is 13.4. The summed E-state index contributed by atoms with van der Waals surface area (Å²) in [6.45, 7) is 4.29. The second-order valence-corrected chi connectivity index (χ2v) is 11.1. The molecule has 1 fully saturated rings. The maximum Gasteiger partial charge on any atom is 0.243 e. The maximum atomic E-state index is 13.4. The monoisotopic (exact) mass is 489 g/mol. The molecular formula is C24H28ClN3O4S. The summed E-state index contributed by atoms with van der Waals surface area (Å²) in [6, 6.07) is 12.2. The van der Waals surface area contributed by atoms with Gasteiger partial charge in [-0.2, -0.15) is 4.31 Å². The Morgan fingerprint density at radius 3 is 2.67 bits per heavy atom. The minimum atomic E-state index is -3.75. The lowest BCUT2D eigenvalue weighted by Gasteiger charge is -2.31. The summed E-state index contributed by atoms with van der Waals surface area (Å²) in [5.74, 6) is -0.646. The van der Waals surface area contributed by atoms with Crippen molar-refractivity contribution in [3.05, 3.63) is 58.6 Å². The van der Waals surface area contributed by atoms with Crippen molar-refractivity contribution in [2.24, 2.45) is 5.92 Å². The molecule has 33 heavy (non-hydrogen) atoms. The van der Waals surface area contributed by atoms with E-state index in [2.05, 4.69) is 5.32 Å². The standard InChI is InChI=1S/C24H28ClN3O4S/c1-16-12-20-13-21(9-10-23(20)28(16)17(2)29)33(31,32)27-11-5-7-19(15-27)24(30)26-14-18-6-3-4-8-22(18)25/h3-4,6,8-10,13,16,19H,5,7,11-12,14-15H2,1-2H3,(H,26,30)/t16-,19-/m0/s1. The molecule has 2 atom stereocenters. The number of hydrogen-bond donors (Lipinski definition) is 1. The van der Waals surface area contributed by atoms with Crippen molar-refractivity contribution in [3.63, 3.8) is 0 Å². The first-order valence-corrected chi connectivity index (χ1v) is 12.9. The van der Waals surface area contributed by atoms with E-state index in [1.165, 1.54) is 11.2 Å². The van der Waals surface area contributed by atoms with Gasteiger partial charge in [-0.15, -0.1) is 0 Å². The molecule has 9 heteroatoms. The van der Waals surface area contributed by atoms with Crippen molar-refractivity contribution in [1.29, 1.82) is 0 Å². The third-order valence-electron chi connectivity index (χ3n) is 6.41. The van der Waals surface area contributed by atoms with Gasteiger partial charge in [-0.3, -0.25) is 9.59 Å². The van der Waals surface area contributed by atoms with Crippen molar-refractivity contribution in [2.45, 2.75) is 50.6 Å². The Kier molecular flexibility index (Phi) is 6.79. The molecule has 2 aromatic carbocycles. The second kappa shape index (κ2) is 9.44. The number of fused-ring (bicyclic) bond motifs is 1. The van der Waals surface area contributed by atoms with Crippen LogP contribution in [0.2, 0.25) is 5.02 Å². The number of anilines is 1. The highest BCUT2D eigenvalue weighted by Gasteiger charge is 2.35. The van der Waals surface area contributed by atoms with Crippen LogP contribution in [-0.2, 0) is 32.6 Å². The zero-order valence-corrected chi connectivity index (χ0v) is 20.3. The molecule has 0 aliphatic carbocycles. The van der Waals surface area contributed by atoms with E-state index in [1.54, 1.807) is 29.2 Å². The molecule has 176 valence electrons. The summed E-state index contributed by atoms with van der Waals surface area (Å²) in [5.41, 5.74) is 2.44. The summed E-state index contributed by atoms with van der Waals surface area (Å²) < 4.78 is 28.1. The molecule has 2 heterocycles. The minimum Gasteiger partial charge on any atom is -0.352 e. The largest absolute Gasteiger partial charge is 0.352 e. The van der Waals surface area contributed by atoms with Crippen molar-refractivity contribution in [3.8, 4) is 0 Å². The van der Waals surface area contributed by atoms with E-state index in [0.29, 0.717) is 37.4 Å². The summed E-state index contributed by atoms with van der Waals surface area (Å²) >= 11 is 6.16. The number of piperidine rings is 1. The van der Waals surface area contributed by atoms with Gasteiger partial charge in [-0.05, 0) is 61.6 Å². The van der Waals surface area contributed by atoms with Gasteiger partial charge in [0.05, 0.1) is 10.8 Å². The Bertz CT molecular complexity index is 1180. The first-order chi connectivity index (χ1) is 15.7. The zero-order chi connectivity index (χ0) is 23.8. The number of nitrogens with one attached hydrogen (secondary N) is 1. The fraction of sp³-hybridized carbons (Fsp3) is 0.417. The number of sulfonamides is 1. The first kappa shape index (κ1) is 23.7. The molecule has 0 saturated carbocycles. The van der Waals surface area contributed by atoms with Crippen LogP contribution in [-0.4, -0.2) is 43.7 Å². The van der Waals surface area contributed by atoms with E-state index in [-0.39, 0.29) is 29.3 Å². The zero-order valence-electron chi connectivity index (χ0n) is 18.8. The third-order valence-corrected chi connectivity index (χ3v) is 8.64. The average Bonchev–Trinajstić information content (AvgIpc) is 3.13. The Labute approximate surface area is 199 Å². The van der Waals surface area contributed by atoms with Crippen molar-refractivity contribution < 1.29 is 18.0 Å². The normalized spacial score (nSPS) is 21.0. The molecule has 1 N–H and O–H groups in total. The van der Waals surface area contributed by atoms with Crippen LogP contribution < -0.4 is 10.2 Å². The SMILES string of the molecule is CC(=O)N1c2ccc(S(=O)(=O)N3CCC[C@H](C(=O)NCc4ccccc4Cl)C3)cc2C[C@@H]1C. The fourth-order valence-corrected chi connectivity index (χ4v) is 6.52. The van der Waals surface area contributed by atoms with Gasteiger partial charge < -0.3 is 10.2 Å². The molecule has 7 nitrogen and oxygen atoms in total. The molecule has 0 aromatic heterocycles. The van der Waals surface area contributed by atoms with Gasteiger partial charge in [0.1, 0.15) is 0 Å². The molecule has 2 aliphatic heterocycles. The van der Waals surface area contributed by atoms with E-state index in [1.807, 2.05) is 25.1 Å². The molecule has 2 aliphatic rings. The Balaban J connectivity index is 1.46. The number of nitrogens with zero attached hydrogens (tertiary/aromatic N) is 2. The topological polar surface area (TPSA) is 86.8 Å². The average molecular weight is 490 g/mol. The van der Waals surface area contributed by atoms with E-state index in [0.717, 1.165) is 16.8 Å². The highest BCUT2D eigenvalue weighted by Crippen LogP contribution is 2.35. The number of rotatable bonds is 5. The van der Waals surface area contributed by atoms with E-state index in [4.69, 9.17) is 11.6 Å². The van der Waals surface area contributed by atoms with Gasteiger partial charge in [0.25, 0.3) is 0 Å². The predicted octanol–water partition coefficient (Wildman–Crippen LogP) is 3.35. The lowest BCUT2D eigenvalue weighted by Crippen LogP contribution is -2.45. The van der Waals surface area contributed by atoms with Crippen LogP contribution in [0, 0.1) is 5.92 Å². The van der Waals surface area contributed by atoms with E-state index in [9.17, 15) is 18.0 Å². The van der Waals surface area contributed by atoms with Gasteiger partial charge in [0.2, 0.25) is 21.8 Å². The van der Waals surface area contributed by atoms with Crippen LogP contribution in [0.1, 0.15) is 37.8 Å². The minimum absolute atomic E-state index is 0.00312. The second-order valence-electron chi connectivity index (χ2n) is 8.74. The molecule has 0 bridgehead atoms.